The normalized spacial score (nSPS) is 14.2. The molecule has 4 heteroatoms. The molecule has 2 aromatic rings. The fourth-order valence-corrected chi connectivity index (χ4v) is 2.18. The molecule has 3 rings (SSSR count). The van der Waals surface area contributed by atoms with Gasteiger partial charge in [0.05, 0.1) is 12.3 Å². The first-order valence-electron chi connectivity index (χ1n) is 7.29. The number of rotatable bonds is 7. The molecule has 1 fully saturated rings. The number of anilines is 1. The Hall–Kier alpha value is -1.97. The summed E-state index contributed by atoms with van der Waals surface area (Å²) in [6, 6.07) is 10.6. The van der Waals surface area contributed by atoms with Crippen LogP contribution in [0.2, 0.25) is 0 Å². The lowest BCUT2D eigenvalue weighted by molar-refractivity contribution is 0.302. The second-order valence-electron chi connectivity index (χ2n) is 5.33. The highest BCUT2D eigenvalue weighted by atomic mass is 16.5. The molecule has 1 saturated carbocycles. The van der Waals surface area contributed by atoms with Gasteiger partial charge in [0.25, 0.3) is 0 Å². The summed E-state index contributed by atoms with van der Waals surface area (Å²) in [6.07, 6.45) is 5.61. The minimum absolute atomic E-state index is 0.635. The van der Waals surface area contributed by atoms with E-state index in [4.69, 9.17) is 4.74 Å². The summed E-state index contributed by atoms with van der Waals surface area (Å²) < 4.78 is 7.91. The number of para-hydroxylation sites is 1. The second-order valence-corrected chi connectivity index (χ2v) is 5.33. The lowest BCUT2D eigenvalue weighted by atomic mass is 10.3. The molecule has 4 nitrogen and oxygen atoms in total. The Balaban J connectivity index is 1.48. The number of nitrogens with zero attached hydrogens (tertiary/aromatic N) is 2. The van der Waals surface area contributed by atoms with E-state index in [1.165, 1.54) is 12.8 Å². The fourth-order valence-electron chi connectivity index (χ4n) is 2.18. The van der Waals surface area contributed by atoms with Crippen LogP contribution in [0, 0.1) is 6.92 Å². The Kier molecular flexibility index (Phi) is 3.90. The number of hydrogen-bond donors (Lipinski definition) is 1. The van der Waals surface area contributed by atoms with E-state index in [0.717, 1.165) is 37.0 Å². The molecular weight excluding hydrogens is 250 g/mol. The van der Waals surface area contributed by atoms with Crippen LogP contribution in [0.4, 0.5) is 5.95 Å². The largest absolute Gasteiger partial charge is 0.494 e. The molecule has 0 radical (unpaired) electrons. The van der Waals surface area contributed by atoms with Crippen LogP contribution in [0.5, 0.6) is 5.75 Å². The van der Waals surface area contributed by atoms with Crippen molar-refractivity contribution in [1.82, 2.24) is 9.55 Å². The van der Waals surface area contributed by atoms with E-state index in [9.17, 15) is 0 Å². The van der Waals surface area contributed by atoms with Gasteiger partial charge in [-0.2, -0.15) is 0 Å². The Bertz CT molecular complexity index is 546. The van der Waals surface area contributed by atoms with Crippen molar-refractivity contribution in [2.75, 3.05) is 11.9 Å². The van der Waals surface area contributed by atoms with Gasteiger partial charge in [0.1, 0.15) is 5.75 Å². The number of ether oxygens (including phenoxy) is 1. The minimum Gasteiger partial charge on any atom is -0.494 e. The van der Waals surface area contributed by atoms with Crippen LogP contribution >= 0.6 is 0 Å². The van der Waals surface area contributed by atoms with Crippen LogP contribution in [0.15, 0.2) is 36.5 Å². The summed E-state index contributed by atoms with van der Waals surface area (Å²) in [5, 5.41) is 3.47. The SMILES string of the molecule is Cc1cn(CCCOc2ccccc2)c(NC2CC2)n1. The molecule has 1 aliphatic carbocycles. The maximum Gasteiger partial charge on any atom is 0.203 e. The smallest absolute Gasteiger partial charge is 0.203 e. The maximum absolute atomic E-state index is 5.71. The molecular formula is C16H21N3O. The van der Waals surface area contributed by atoms with Crippen molar-refractivity contribution in [3.63, 3.8) is 0 Å². The van der Waals surface area contributed by atoms with Crippen molar-refractivity contribution in [3.8, 4) is 5.75 Å². The maximum atomic E-state index is 5.71. The molecule has 0 saturated heterocycles. The van der Waals surface area contributed by atoms with Crippen LogP contribution in [-0.2, 0) is 6.54 Å². The van der Waals surface area contributed by atoms with Crippen LogP contribution in [0.3, 0.4) is 0 Å². The van der Waals surface area contributed by atoms with Gasteiger partial charge in [0.15, 0.2) is 0 Å². The van der Waals surface area contributed by atoms with Crippen molar-refractivity contribution in [2.45, 2.75) is 38.8 Å². The van der Waals surface area contributed by atoms with Crippen molar-refractivity contribution in [3.05, 3.63) is 42.2 Å². The third kappa shape index (κ3) is 3.53. The summed E-state index contributed by atoms with van der Waals surface area (Å²) in [6.45, 7) is 3.70. The quantitative estimate of drug-likeness (QED) is 0.786. The van der Waals surface area contributed by atoms with Crippen LogP contribution in [0.25, 0.3) is 0 Å². The third-order valence-electron chi connectivity index (χ3n) is 3.36. The van der Waals surface area contributed by atoms with E-state index in [0.29, 0.717) is 6.04 Å². The van der Waals surface area contributed by atoms with E-state index in [2.05, 4.69) is 21.1 Å². The lowest BCUT2D eigenvalue weighted by Gasteiger charge is -2.10. The molecule has 0 spiro atoms. The second kappa shape index (κ2) is 5.99. The summed E-state index contributed by atoms with van der Waals surface area (Å²) in [5.41, 5.74) is 1.07. The lowest BCUT2D eigenvalue weighted by Crippen LogP contribution is -2.10. The average Bonchev–Trinajstić information content (AvgIpc) is 3.20. The first-order chi connectivity index (χ1) is 9.81. The van der Waals surface area contributed by atoms with Gasteiger partial charge in [-0.25, -0.2) is 4.98 Å². The number of aromatic nitrogens is 2. The van der Waals surface area contributed by atoms with Gasteiger partial charge < -0.3 is 14.6 Å². The molecule has 0 unspecified atom stereocenters. The molecule has 20 heavy (non-hydrogen) atoms. The molecule has 1 aliphatic rings. The Morgan fingerprint density at radius 1 is 1.30 bits per heavy atom. The van der Waals surface area contributed by atoms with E-state index in [1.807, 2.05) is 37.3 Å². The van der Waals surface area contributed by atoms with E-state index in [1.54, 1.807) is 0 Å². The standard InChI is InChI=1S/C16H21N3O/c1-13-12-19(16(17-13)18-14-8-9-14)10-5-11-20-15-6-3-2-4-7-15/h2-4,6-7,12,14H,5,8-11H2,1H3,(H,17,18). The average molecular weight is 271 g/mol. The van der Waals surface area contributed by atoms with Gasteiger partial charge in [-0.1, -0.05) is 18.2 Å². The zero-order valence-electron chi connectivity index (χ0n) is 11.9. The molecule has 0 aliphatic heterocycles. The zero-order chi connectivity index (χ0) is 13.8. The minimum atomic E-state index is 0.635. The monoisotopic (exact) mass is 271 g/mol. The Morgan fingerprint density at radius 3 is 2.85 bits per heavy atom. The van der Waals surface area contributed by atoms with Crippen molar-refractivity contribution >= 4 is 5.95 Å². The first kappa shape index (κ1) is 13.0. The molecule has 0 atom stereocenters. The van der Waals surface area contributed by atoms with E-state index >= 15 is 0 Å². The molecule has 1 aromatic carbocycles. The summed E-state index contributed by atoms with van der Waals surface area (Å²) in [5.74, 6) is 1.94. The van der Waals surface area contributed by atoms with Crippen LogP contribution < -0.4 is 10.1 Å². The predicted molar refractivity (Wildman–Crippen MR) is 80.2 cm³/mol. The highest BCUT2D eigenvalue weighted by Crippen LogP contribution is 2.24. The molecule has 1 aromatic heterocycles. The Morgan fingerprint density at radius 2 is 2.10 bits per heavy atom. The number of benzene rings is 1. The highest BCUT2D eigenvalue weighted by Gasteiger charge is 2.22. The van der Waals surface area contributed by atoms with Gasteiger partial charge in [-0.3, -0.25) is 0 Å². The molecule has 1 N–H and O–H groups in total. The summed E-state index contributed by atoms with van der Waals surface area (Å²) in [7, 11) is 0. The summed E-state index contributed by atoms with van der Waals surface area (Å²) >= 11 is 0. The molecule has 1 heterocycles. The third-order valence-corrected chi connectivity index (χ3v) is 3.36. The van der Waals surface area contributed by atoms with Crippen molar-refractivity contribution in [2.24, 2.45) is 0 Å². The Labute approximate surface area is 119 Å². The van der Waals surface area contributed by atoms with E-state index in [-0.39, 0.29) is 0 Å². The number of hydrogen-bond acceptors (Lipinski definition) is 3. The van der Waals surface area contributed by atoms with Gasteiger partial charge in [-0.05, 0) is 38.3 Å². The highest BCUT2D eigenvalue weighted by molar-refractivity contribution is 5.32. The van der Waals surface area contributed by atoms with Crippen molar-refractivity contribution < 1.29 is 4.74 Å². The van der Waals surface area contributed by atoms with Crippen LogP contribution in [0.1, 0.15) is 25.0 Å². The van der Waals surface area contributed by atoms with Gasteiger partial charge in [0, 0.05) is 18.8 Å². The molecule has 106 valence electrons. The number of aryl methyl sites for hydroxylation is 2. The topological polar surface area (TPSA) is 39.1 Å². The van der Waals surface area contributed by atoms with E-state index < -0.39 is 0 Å². The van der Waals surface area contributed by atoms with Crippen molar-refractivity contribution in [1.29, 1.82) is 0 Å². The van der Waals surface area contributed by atoms with Crippen LogP contribution in [-0.4, -0.2) is 22.2 Å². The van der Waals surface area contributed by atoms with Gasteiger partial charge in [-0.15, -0.1) is 0 Å². The zero-order valence-corrected chi connectivity index (χ0v) is 11.9. The first-order valence-corrected chi connectivity index (χ1v) is 7.29. The number of imidazole rings is 1. The fraction of sp³-hybridized carbons (Fsp3) is 0.438. The number of nitrogens with one attached hydrogen (secondary N) is 1. The molecule has 0 amide bonds. The van der Waals surface area contributed by atoms with Gasteiger partial charge in [0.2, 0.25) is 5.95 Å². The van der Waals surface area contributed by atoms with Gasteiger partial charge >= 0.3 is 0 Å². The summed E-state index contributed by atoms with van der Waals surface area (Å²) in [4.78, 5) is 4.54. The predicted octanol–water partition coefficient (Wildman–Crippen LogP) is 3.23. The molecule has 0 bridgehead atoms.